The monoisotopic (exact) mass is 301 g/mol. The topological polar surface area (TPSA) is 58.0 Å². The zero-order chi connectivity index (χ0) is 12.8. The maximum atomic E-state index is 9.76. The molecule has 1 heterocycles. The van der Waals surface area contributed by atoms with Gasteiger partial charge in [-0.2, -0.15) is 0 Å². The maximum absolute atomic E-state index is 9.76. The third-order valence-corrected chi connectivity index (χ3v) is 2.73. The number of nitrogens with one attached hydrogen (secondary N) is 1. The molecule has 1 aromatic rings. The van der Waals surface area contributed by atoms with E-state index in [-0.39, 0.29) is 6.10 Å². The lowest BCUT2D eigenvalue weighted by atomic mass is 10.1. The molecule has 5 heteroatoms. The molecular weight excluding hydrogens is 282 g/mol. The molecule has 0 aromatic carbocycles. The molecule has 4 nitrogen and oxygen atoms in total. The number of aliphatic hydroxyl groups excluding tert-OH is 1. The van der Waals surface area contributed by atoms with E-state index in [1.165, 1.54) is 0 Å². The van der Waals surface area contributed by atoms with E-state index >= 15 is 0 Å². The highest BCUT2D eigenvalue weighted by molar-refractivity contribution is 9.10. The Bertz CT molecular complexity index is 358. The van der Waals surface area contributed by atoms with Crippen LogP contribution in [-0.4, -0.2) is 27.7 Å². The Balaban J connectivity index is 2.54. The maximum Gasteiger partial charge on any atom is 0.131 e. The van der Waals surface area contributed by atoms with Crippen molar-refractivity contribution < 1.29 is 5.11 Å². The molecule has 1 rings (SSSR count). The van der Waals surface area contributed by atoms with Crippen LogP contribution in [0.5, 0.6) is 0 Å². The average Bonchev–Trinajstić information content (AvgIpc) is 2.24. The van der Waals surface area contributed by atoms with E-state index < -0.39 is 0 Å². The fourth-order valence-corrected chi connectivity index (χ4v) is 1.98. The number of hydrogen-bond acceptors (Lipinski definition) is 4. The Hall–Kier alpha value is -0.680. The van der Waals surface area contributed by atoms with Gasteiger partial charge in [0.05, 0.1) is 6.10 Å². The Morgan fingerprint density at radius 3 is 2.71 bits per heavy atom. The second-order valence-electron chi connectivity index (χ2n) is 4.51. The second kappa shape index (κ2) is 6.91. The van der Waals surface area contributed by atoms with E-state index in [1.54, 1.807) is 0 Å². The normalized spacial score (nSPS) is 12.8. The molecule has 0 aliphatic heterocycles. The number of aliphatic hydroxyl groups is 1. The van der Waals surface area contributed by atoms with Gasteiger partial charge in [0, 0.05) is 19.0 Å². The molecule has 1 atom stereocenters. The van der Waals surface area contributed by atoms with Crippen LogP contribution >= 0.6 is 15.9 Å². The third-order valence-electron chi connectivity index (χ3n) is 2.32. The van der Waals surface area contributed by atoms with Gasteiger partial charge in [-0.05, 0) is 28.3 Å². The minimum absolute atomic E-state index is 0.339. The SMILES string of the molecule is CCc1nc(Br)cc(NCC(O)CC(C)C)n1. The van der Waals surface area contributed by atoms with Crippen LogP contribution in [0.4, 0.5) is 5.82 Å². The summed E-state index contributed by atoms with van der Waals surface area (Å²) in [4.78, 5) is 8.57. The van der Waals surface area contributed by atoms with Gasteiger partial charge in [0.15, 0.2) is 0 Å². The lowest BCUT2D eigenvalue weighted by Crippen LogP contribution is -2.21. The van der Waals surface area contributed by atoms with Crippen LogP contribution in [0, 0.1) is 5.92 Å². The van der Waals surface area contributed by atoms with Gasteiger partial charge in [0.25, 0.3) is 0 Å². The van der Waals surface area contributed by atoms with Crippen LogP contribution in [0.1, 0.15) is 33.0 Å². The summed E-state index contributed by atoms with van der Waals surface area (Å²) in [5, 5.41) is 12.9. The van der Waals surface area contributed by atoms with Crippen molar-refractivity contribution in [3.8, 4) is 0 Å². The minimum Gasteiger partial charge on any atom is -0.391 e. The van der Waals surface area contributed by atoms with Gasteiger partial charge in [-0.25, -0.2) is 9.97 Å². The first-order chi connectivity index (χ1) is 8.01. The largest absolute Gasteiger partial charge is 0.391 e. The number of nitrogens with zero attached hydrogens (tertiary/aromatic N) is 2. The van der Waals surface area contributed by atoms with Gasteiger partial charge in [0.1, 0.15) is 16.2 Å². The first-order valence-corrected chi connectivity index (χ1v) is 6.76. The van der Waals surface area contributed by atoms with Gasteiger partial charge in [-0.15, -0.1) is 0 Å². The van der Waals surface area contributed by atoms with Crippen LogP contribution in [0.15, 0.2) is 10.7 Å². The Kier molecular flexibility index (Phi) is 5.85. The van der Waals surface area contributed by atoms with E-state index in [0.717, 1.165) is 29.1 Å². The van der Waals surface area contributed by atoms with Crippen molar-refractivity contribution in [2.45, 2.75) is 39.7 Å². The molecule has 0 spiro atoms. The number of halogens is 1. The smallest absolute Gasteiger partial charge is 0.131 e. The predicted molar refractivity (Wildman–Crippen MR) is 73.1 cm³/mol. The van der Waals surface area contributed by atoms with Crippen LogP contribution < -0.4 is 5.32 Å². The molecule has 1 unspecified atom stereocenters. The highest BCUT2D eigenvalue weighted by atomic mass is 79.9. The van der Waals surface area contributed by atoms with Gasteiger partial charge >= 0.3 is 0 Å². The summed E-state index contributed by atoms with van der Waals surface area (Å²) in [5.74, 6) is 2.04. The molecule has 17 heavy (non-hydrogen) atoms. The molecule has 0 aliphatic carbocycles. The van der Waals surface area contributed by atoms with Crippen molar-refractivity contribution >= 4 is 21.7 Å². The summed E-state index contributed by atoms with van der Waals surface area (Å²) in [5.41, 5.74) is 0. The molecule has 0 saturated carbocycles. The van der Waals surface area contributed by atoms with E-state index in [0.29, 0.717) is 12.5 Å². The summed E-state index contributed by atoms with van der Waals surface area (Å²) >= 11 is 3.35. The van der Waals surface area contributed by atoms with Crippen LogP contribution in [0.3, 0.4) is 0 Å². The Labute approximate surface area is 111 Å². The van der Waals surface area contributed by atoms with E-state index in [1.807, 2.05) is 13.0 Å². The molecule has 0 amide bonds. The molecule has 0 fully saturated rings. The van der Waals surface area contributed by atoms with Crippen molar-refractivity contribution in [2.75, 3.05) is 11.9 Å². The highest BCUT2D eigenvalue weighted by Crippen LogP contribution is 2.13. The van der Waals surface area contributed by atoms with Crippen LogP contribution in [0.2, 0.25) is 0 Å². The van der Waals surface area contributed by atoms with Gasteiger partial charge in [0.2, 0.25) is 0 Å². The highest BCUT2D eigenvalue weighted by Gasteiger charge is 2.08. The minimum atomic E-state index is -0.339. The number of anilines is 1. The molecule has 0 bridgehead atoms. The van der Waals surface area contributed by atoms with Crippen molar-refractivity contribution in [2.24, 2.45) is 5.92 Å². The number of aryl methyl sites for hydroxylation is 1. The fraction of sp³-hybridized carbons (Fsp3) is 0.667. The van der Waals surface area contributed by atoms with Gasteiger partial charge < -0.3 is 10.4 Å². The third kappa shape index (κ3) is 5.46. The summed E-state index contributed by atoms with van der Waals surface area (Å²) < 4.78 is 0.769. The zero-order valence-electron chi connectivity index (χ0n) is 10.6. The molecule has 0 aliphatic rings. The standard InChI is InChI=1S/C12H20BrN3O/c1-4-11-15-10(13)6-12(16-11)14-7-9(17)5-8(2)3/h6,8-9,17H,4-5,7H2,1-3H3,(H,14,15,16). The van der Waals surface area contributed by atoms with Gasteiger partial charge in [-0.1, -0.05) is 20.8 Å². The lowest BCUT2D eigenvalue weighted by molar-refractivity contribution is 0.161. The predicted octanol–water partition coefficient (Wildman–Crippen LogP) is 2.62. The van der Waals surface area contributed by atoms with Crippen LogP contribution in [0.25, 0.3) is 0 Å². The molecule has 0 saturated heterocycles. The summed E-state index contributed by atoms with van der Waals surface area (Å²) in [7, 11) is 0. The Morgan fingerprint density at radius 1 is 1.41 bits per heavy atom. The van der Waals surface area contributed by atoms with Crippen molar-refractivity contribution in [3.05, 3.63) is 16.5 Å². The first-order valence-electron chi connectivity index (χ1n) is 5.96. The number of hydrogen-bond donors (Lipinski definition) is 2. The summed E-state index contributed by atoms with van der Waals surface area (Å²) in [6, 6.07) is 1.82. The molecule has 96 valence electrons. The van der Waals surface area contributed by atoms with E-state index in [4.69, 9.17) is 0 Å². The molecule has 2 N–H and O–H groups in total. The van der Waals surface area contributed by atoms with Crippen molar-refractivity contribution in [1.82, 2.24) is 9.97 Å². The van der Waals surface area contributed by atoms with Crippen molar-refractivity contribution in [1.29, 1.82) is 0 Å². The molecule has 1 aromatic heterocycles. The number of rotatable bonds is 6. The Morgan fingerprint density at radius 2 is 2.12 bits per heavy atom. The van der Waals surface area contributed by atoms with Crippen LogP contribution in [-0.2, 0) is 6.42 Å². The quantitative estimate of drug-likeness (QED) is 0.793. The van der Waals surface area contributed by atoms with Gasteiger partial charge in [-0.3, -0.25) is 0 Å². The molecule has 0 radical (unpaired) electrons. The van der Waals surface area contributed by atoms with Crippen molar-refractivity contribution in [3.63, 3.8) is 0 Å². The second-order valence-corrected chi connectivity index (χ2v) is 5.32. The lowest BCUT2D eigenvalue weighted by Gasteiger charge is -2.14. The van der Waals surface area contributed by atoms with E-state index in [9.17, 15) is 5.11 Å². The molecular formula is C12H20BrN3O. The van der Waals surface area contributed by atoms with E-state index in [2.05, 4.69) is 45.1 Å². The summed E-state index contributed by atoms with van der Waals surface area (Å²) in [6.07, 6.45) is 1.25. The average molecular weight is 302 g/mol. The number of aromatic nitrogens is 2. The fourth-order valence-electron chi connectivity index (χ4n) is 1.56. The first kappa shape index (κ1) is 14.4. The zero-order valence-corrected chi connectivity index (χ0v) is 12.2. The summed E-state index contributed by atoms with van der Waals surface area (Å²) in [6.45, 7) is 6.73.